The molecule has 0 saturated carbocycles. The van der Waals surface area contributed by atoms with Crippen LogP contribution in [-0.4, -0.2) is 23.3 Å². The van der Waals surface area contributed by atoms with E-state index in [0.717, 1.165) is 33.9 Å². The number of nitrogens with zero attached hydrogens (tertiary/aromatic N) is 1. The largest absolute Gasteiger partial charge is 0.497 e. The number of methoxy groups -OCH3 is 1. The molecule has 0 aliphatic heterocycles. The molecular formula is C17H13NO4. The molecule has 110 valence electrons. The average Bonchev–Trinajstić information content (AvgIpc) is 2.96. The second kappa shape index (κ2) is 5.73. The van der Waals surface area contributed by atoms with Crippen molar-refractivity contribution in [3.8, 4) is 17.1 Å². The molecule has 0 bridgehead atoms. The van der Waals surface area contributed by atoms with Crippen LogP contribution in [0.4, 0.5) is 0 Å². The van der Waals surface area contributed by atoms with E-state index < -0.39 is 5.97 Å². The zero-order valence-corrected chi connectivity index (χ0v) is 11.8. The normalized spacial score (nSPS) is 11.1. The highest BCUT2D eigenvalue weighted by Crippen LogP contribution is 2.30. The summed E-state index contributed by atoms with van der Waals surface area (Å²) in [5.74, 6) is 0.418. The lowest BCUT2D eigenvalue weighted by atomic mass is 10.1. The molecule has 0 spiro atoms. The predicted molar refractivity (Wildman–Crippen MR) is 82.7 cm³/mol. The Morgan fingerprint density at radius 3 is 2.68 bits per heavy atom. The summed E-state index contributed by atoms with van der Waals surface area (Å²) in [6, 6.07) is 12.9. The third-order valence-corrected chi connectivity index (χ3v) is 3.27. The van der Waals surface area contributed by atoms with Crippen molar-refractivity contribution in [2.75, 3.05) is 7.11 Å². The van der Waals surface area contributed by atoms with Gasteiger partial charge in [-0.1, -0.05) is 11.2 Å². The quantitative estimate of drug-likeness (QED) is 0.744. The SMILES string of the molecule is COc1ccc(-c2onc3ccc(/C=C/C(=O)O)cc23)cc1. The van der Waals surface area contributed by atoms with Gasteiger partial charge in [0, 0.05) is 11.6 Å². The van der Waals surface area contributed by atoms with E-state index in [1.165, 1.54) is 6.08 Å². The Bertz CT molecular complexity index is 847. The van der Waals surface area contributed by atoms with Crippen LogP contribution in [0.1, 0.15) is 5.56 Å². The van der Waals surface area contributed by atoms with Gasteiger partial charge in [0.15, 0.2) is 5.76 Å². The number of fused-ring (bicyclic) bond motifs is 1. The summed E-state index contributed by atoms with van der Waals surface area (Å²) in [4.78, 5) is 10.6. The Balaban J connectivity index is 2.05. The minimum absolute atomic E-state index is 0.642. The molecule has 0 unspecified atom stereocenters. The van der Waals surface area contributed by atoms with Crippen molar-refractivity contribution in [3.05, 3.63) is 54.1 Å². The van der Waals surface area contributed by atoms with Crippen LogP contribution >= 0.6 is 0 Å². The van der Waals surface area contributed by atoms with E-state index in [2.05, 4.69) is 5.16 Å². The van der Waals surface area contributed by atoms with E-state index in [1.54, 1.807) is 19.2 Å². The van der Waals surface area contributed by atoms with E-state index in [1.807, 2.05) is 30.3 Å². The van der Waals surface area contributed by atoms with E-state index in [4.69, 9.17) is 14.4 Å². The Morgan fingerprint density at radius 2 is 2.00 bits per heavy atom. The number of rotatable bonds is 4. The zero-order valence-electron chi connectivity index (χ0n) is 11.8. The van der Waals surface area contributed by atoms with Gasteiger partial charge in [0.1, 0.15) is 11.3 Å². The third kappa shape index (κ3) is 2.69. The molecule has 1 heterocycles. The van der Waals surface area contributed by atoms with Crippen LogP contribution in [0.3, 0.4) is 0 Å². The van der Waals surface area contributed by atoms with Crippen molar-refractivity contribution in [2.45, 2.75) is 0 Å². The fourth-order valence-electron chi connectivity index (χ4n) is 2.18. The van der Waals surface area contributed by atoms with Gasteiger partial charge in [0.05, 0.1) is 12.5 Å². The number of benzene rings is 2. The predicted octanol–water partition coefficient (Wildman–Crippen LogP) is 3.60. The smallest absolute Gasteiger partial charge is 0.328 e. The van der Waals surface area contributed by atoms with Crippen LogP contribution in [0.15, 0.2) is 53.1 Å². The summed E-state index contributed by atoms with van der Waals surface area (Å²) in [5, 5.41) is 13.6. The molecule has 0 aliphatic carbocycles. The Kier molecular flexibility index (Phi) is 3.62. The molecule has 0 aliphatic rings. The van der Waals surface area contributed by atoms with Gasteiger partial charge in [-0.05, 0) is 48.0 Å². The first-order chi connectivity index (χ1) is 10.7. The molecule has 0 atom stereocenters. The monoisotopic (exact) mass is 295 g/mol. The summed E-state index contributed by atoms with van der Waals surface area (Å²) in [6.07, 6.45) is 2.63. The molecule has 3 aromatic rings. The first kappa shape index (κ1) is 13.9. The van der Waals surface area contributed by atoms with E-state index in [9.17, 15) is 4.79 Å². The van der Waals surface area contributed by atoms with E-state index in [0.29, 0.717) is 5.76 Å². The lowest BCUT2D eigenvalue weighted by molar-refractivity contribution is -0.131. The molecule has 0 fully saturated rings. The minimum Gasteiger partial charge on any atom is -0.497 e. The summed E-state index contributed by atoms with van der Waals surface area (Å²) in [6.45, 7) is 0. The lowest BCUT2D eigenvalue weighted by Crippen LogP contribution is -1.85. The molecule has 1 aromatic heterocycles. The molecule has 0 amide bonds. The molecule has 0 saturated heterocycles. The average molecular weight is 295 g/mol. The van der Waals surface area contributed by atoms with Gasteiger partial charge in [0.25, 0.3) is 0 Å². The summed E-state index contributed by atoms with van der Waals surface area (Å²) in [5.41, 5.74) is 2.37. The van der Waals surface area contributed by atoms with Crippen LogP contribution in [0.5, 0.6) is 5.75 Å². The first-order valence-corrected chi connectivity index (χ1v) is 6.62. The van der Waals surface area contributed by atoms with Gasteiger partial charge in [-0.3, -0.25) is 0 Å². The highest BCUT2D eigenvalue weighted by Gasteiger charge is 2.11. The number of carboxylic acid groups (broad SMARTS) is 1. The highest BCUT2D eigenvalue weighted by molar-refractivity contribution is 5.94. The van der Waals surface area contributed by atoms with Crippen molar-refractivity contribution < 1.29 is 19.2 Å². The molecule has 1 N–H and O–H groups in total. The topological polar surface area (TPSA) is 72.6 Å². The van der Waals surface area contributed by atoms with Crippen molar-refractivity contribution in [1.29, 1.82) is 0 Å². The lowest BCUT2D eigenvalue weighted by Gasteiger charge is -2.01. The van der Waals surface area contributed by atoms with Crippen LogP contribution in [0.25, 0.3) is 28.3 Å². The Morgan fingerprint density at radius 1 is 1.23 bits per heavy atom. The number of aromatic nitrogens is 1. The summed E-state index contributed by atoms with van der Waals surface area (Å²) >= 11 is 0. The van der Waals surface area contributed by atoms with Crippen molar-refractivity contribution in [1.82, 2.24) is 5.16 Å². The molecule has 22 heavy (non-hydrogen) atoms. The van der Waals surface area contributed by atoms with E-state index >= 15 is 0 Å². The molecule has 5 heteroatoms. The number of carbonyl (C=O) groups is 1. The van der Waals surface area contributed by atoms with E-state index in [-0.39, 0.29) is 0 Å². The van der Waals surface area contributed by atoms with Gasteiger partial charge >= 0.3 is 5.97 Å². The number of hydrogen-bond donors (Lipinski definition) is 1. The molecule has 5 nitrogen and oxygen atoms in total. The van der Waals surface area contributed by atoms with Gasteiger partial charge in [-0.2, -0.15) is 0 Å². The van der Waals surface area contributed by atoms with Gasteiger partial charge < -0.3 is 14.4 Å². The third-order valence-electron chi connectivity index (χ3n) is 3.27. The number of aliphatic carboxylic acids is 1. The van der Waals surface area contributed by atoms with Crippen LogP contribution in [0.2, 0.25) is 0 Å². The Labute approximate surface area is 126 Å². The van der Waals surface area contributed by atoms with Gasteiger partial charge in [-0.15, -0.1) is 0 Å². The van der Waals surface area contributed by atoms with Crippen molar-refractivity contribution >= 4 is 22.9 Å². The second-order valence-electron chi connectivity index (χ2n) is 4.69. The highest BCUT2D eigenvalue weighted by atomic mass is 16.5. The molecule has 0 radical (unpaired) electrons. The molecular weight excluding hydrogens is 282 g/mol. The maximum absolute atomic E-state index is 10.6. The van der Waals surface area contributed by atoms with Crippen LogP contribution in [-0.2, 0) is 4.79 Å². The molecule has 2 aromatic carbocycles. The Hall–Kier alpha value is -3.08. The molecule has 3 rings (SSSR count). The minimum atomic E-state index is -0.985. The second-order valence-corrected chi connectivity index (χ2v) is 4.69. The summed E-state index contributed by atoms with van der Waals surface area (Å²) in [7, 11) is 1.61. The summed E-state index contributed by atoms with van der Waals surface area (Å²) < 4.78 is 10.6. The van der Waals surface area contributed by atoms with Crippen LogP contribution in [0, 0.1) is 0 Å². The van der Waals surface area contributed by atoms with Crippen molar-refractivity contribution in [3.63, 3.8) is 0 Å². The van der Waals surface area contributed by atoms with Gasteiger partial charge in [0.2, 0.25) is 0 Å². The maximum atomic E-state index is 10.6. The standard InChI is InChI=1S/C17H13NO4/c1-21-13-6-4-12(5-7-13)17-14-10-11(3-9-16(19)20)2-8-15(14)18-22-17/h2-10H,1H3,(H,19,20)/b9-3+. The number of ether oxygens (including phenoxy) is 1. The number of carboxylic acids is 1. The fourth-order valence-corrected chi connectivity index (χ4v) is 2.18. The van der Waals surface area contributed by atoms with Gasteiger partial charge in [-0.25, -0.2) is 4.79 Å². The first-order valence-electron chi connectivity index (χ1n) is 6.62. The zero-order chi connectivity index (χ0) is 15.5. The maximum Gasteiger partial charge on any atom is 0.328 e. The van der Waals surface area contributed by atoms with Crippen molar-refractivity contribution in [2.24, 2.45) is 0 Å². The number of hydrogen-bond acceptors (Lipinski definition) is 4. The fraction of sp³-hybridized carbons (Fsp3) is 0.0588. The van der Waals surface area contributed by atoms with Crippen LogP contribution < -0.4 is 4.74 Å².